The Morgan fingerprint density at radius 3 is 3.13 bits per heavy atom. The molecule has 0 amide bonds. The van der Waals surface area contributed by atoms with Gasteiger partial charge in [-0.15, -0.1) is 18.2 Å². The lowest BCUT2D eigenvalue weighted by molar-refractivity contribution is 0.600. The largest absolute Gasteiger partial charge is 0.309 e. The highest BCUT2D eigenvalue weighted by atomic mass is 32.2. The monoisotopic (exact) mass is 223 g/mol. The summed E-state index contributed by atoms with van der Waals surface area (Å²) in [6.45, 7) is 3.12. The van der Waals surface area contributed by atoms with Crippen LogP contribution in [0.2, 0.25) is 0 Å². The second-order valence-electron chi connectivity index (χ2n) is 3.38. The van der Waals surface area contributed by atoms with E-state index in [-0.39, 0.29) is 0 Å². The van der Waals surface area contributed by atoms with Crippen LogP contribution in [-0.4, -0.2) is 27.8 Å². The van der Waals surface area contributed by atoms with Crippen molar-refractivity contribution in [1.29, 1.82) is 0 Å². The van der Waals surface area contributed by atoms with E-state index in [1.54, 1.807) is 11.8 Å². The highest BCUT2D eigenvalue weighted by Gasteiger charge is 2.05. The summed E-state index contributed by atoms with van der Waals surface area (Å²) in [7, 11) is 1.93. The predicted octanol–water partition coefficient (Wildman–Crippen LogP) is 1.44. The Kier molecular flexibility index (Phi) is 5.30. The van der Waals surface area contributed by atoms with E-state index >= 15 is 0 Å². The van der Waals surface area contributed by atoms with E-state index in [9.17, 15) is 0 Å². The Hall–Kier alpha value is -0.920. The molecule has 1 atom stereocenters. The molecular formula is C11H17N3S. The first-order chi connectivity index (χ1) is 7.24. The molecule has 82 valence electrons. The molecule has 1 aromatic rings. The van der Waals surface area contributed by atoms with Gasteiger partial charge in [-0.3, -0.25) is 4.68 Å². The fraction of sp³-hybridized carbons (Fsp3) is 0.545. The third-order valence-corrected chi connectivity index (χ3v) is 2.97. The number of aryl methyl sites for hydroxylation is 1. The fourth-order valence-electron chi connectivity index (χ4n) is 1.26. The second kappa shape index (κ2) is 6.54. The molecule has 0 spiro atoms. The average Bonchev–Trinajstić information content (AvgIpc) is 2.64. The van der Waals surface area contributed by atoms with E-state index in [2.05, 4.69) is 23.3 Å². The molecule has 1 rings (SSSR count). The SMILES string of the molecule is C#CCSCCNC(C)c1cnn(C)c1. The zero-order chi connectivity index (χ0) is 11.1. The zero-order valence-electron chi connectivity index (χ0n) is 9.23. The first-order valence-electron chi connectivity index (χ1n) is 4.97. The molecule has 1 N–H and O–H groups in total. The summed E-state index contributed by atoms with van der Waals surface area (Å²) in [5, 5.41) is 7.57. The number of terminal acetylenes is 1. The van der Waals surface area contributed by atoms with Crippen molar-refractivity contribution in [1.82, 2.24) is 15.1 Å². The third kappa shape index (κ3) is 4.41. The summed E-state index contributed by atoms with van der Waals surface area (Å²) in [6, 6.07) is 0.352. The van der Waals surface area contributed by atoms with Gasteiger partial charge in [0.05, 0.1) is 11.9 Å². The normalized spacial score (nSPS) is 12.3. The molecule has 1 unspecified atom stereocenters. The van der Waals surface area contributed by atoms with Crippen LogP contribution in [0.25, 0.3) is 0 Å². The molecule has 1 heterocycles. The Morgan fingerprint density at radius 2 is 2.53 bits per heavy atom. The molecule has 1 aromatic heterocycles. The number of nitrogens with one attached hydrogen (secondary N) is 1. The van der Waals surface area contributed by atoms with Crippen molar-refractivity contribution >= 4 is 11.8 Å². The van der Waals surface area contributed by atoms with E-state index in [1.165, 1.54) is 5.56 Å². The van der Waals surface area contributed by atoms with Crippen molar-refractivity contribution in [3.63, 3.8) is 0 Å². The van der Waals surface area contributed by atoms with Gasteiger partial charge in [0.15, 0.2) is 0 Å². The van der Waals surface area contributed by atoms with Gasteiger partial charge in [0, 0.05) is 37.1 Å². The van der Waals surface area contributed by atoms with Gasteiger partial charge in [-0.25, -0.2) is 0 Å². The molecule has 0 fully saturated rings. The molecule has 3 nitrogen and oxygen atoms in total. The Morgan fingerprint density at radius 1 is 1.73 bits per heavy atom. The van der Waals surface area contributed by atoms with Gasteiger partial charge in [0.2, 0.25) is 0 Å². The van der Waals surface area contributed by atoms with Crippen LogP contribution in [0.5, 0.6) is 0 Å². The number of hydrogen-bond acceptors (Lipinski definition) is 3. The van der Waals surface area contributed by atoms with Crippen LogP contribution < -0.4 is 5.32 Å². The van der Waals surface area contributed by atoms with Gasteiger partial charge in [-0.05, 0) is 6.92 Å². The lowest BCUT2D eigenvalue weighted by atomic mass is 10.2. The van der Waals surface area contributed by atoms with Crippen molar-refractivity contribution in [2.24, 2.45) is 7.05 Å². The van der Waals surface area contributed by atoms with Crippen LogP contribution in [-0.2, 0) is 7.05 Å². The van der Waals surface area contributed by atoms with E-state index in [0.29, 0.717) is 6.04 Å². The smallest absolute Gasteiger partial charge is 0.0545 e. The van der Waals surface area contributed by atoms with Crippen molar-refractivity contribution < 1.29 is 0 Å². The van der Waals surface area contributed by atoms with Gasteiger partial charge in [-0.2, -0.15) is 5.10 Å². The molecule has 4 heteroatoms. The number of hydrogen-bond donors (Lipinski definition) is 1. The molecule has 0 aliphatic heterocycles. The number of aromatic nitrogens is 2. The van der Waals surface area contributed by atoms with E-state index in [4.69, 9.17) is 6.42 Å². The summed E-state index contributed by atoms with van der Waals surface area (Å²) in [5.74, 6) is 4.46. The summed E-state index contributed by atoms with van der Waals surface area (Å²) in [6.07, 6.45) is 9.09. The topological polar surface area (TPSA) is 29.9 Å². The lowest BCUT2D eigenvalue weighted by Crippen LogP contribution is -2.21. The quantitative estimate of drug-likeness (QED) is 0.584. The molecule has 0 saturated carbocycles. The summed E-state index contributed by atoms with van der Waals surface area (Å²) < 4.78 is 1.82. The number of thioether (sulfide) groups is 1. The highest BCUT2D eigenvalue weighted by molar-refractivity contribution is 7.99. The van der Waals surface area contributed by atoms with Crippen molar-refractivity contribution in [2.75, 3.05) is 18.1 Å². The maximum atomic E-state index is 5.16. The Bertz CT molecular complexity index is 327. The minimum Gasteiger partial charge on any atom is -0.309 e. The van der Waals surface area contributed by atoms with Crippen LogP contribution in [0.4, 0.5) is 0 Å². The minimum atomic E-state index is 0.352. The molecule has 0 aromatic carbocycles. The van der Waals surface area contributed by atoms with Gasteiger partial charge < -0.3 is 5.32 Å². The highest BCUT2D eigenvalue weighted by Crippen LogP contribution is 2.10. The van der Waals surface area contributed by atoms with Crippen LogP contribution in [0, 0.1) is 12.3 Å². The average molecular weight is 223 g/mol. The second-order valence-corrected chi connectivity index (χ2v) is 4.49. The molecule has 0 bridgehead atoms. The Balaban J connectivity index is 2.19. The maximum absolute atomic E-state index is 5.16. The predicted molar refractivity (Wildman–Crippen MR) is 65.8 cm³/mol. The minimum absolute atomic E-state index is 0.352. The van der Waals surface area contributed by atoms with Crippen molar-refractivity contribution in [3.8, 4) is 12.3 Å². The molecule has 15 heavy (non-hydrogen) atoms. The zero-order valence-corrected chi connectivity index (χ0v) is 10.0. The maximum Gasteiger partial charge on any atom is 0.0545 e. The summed E-state index contributed by atoms with van der Waals surface area (Å²) in [5.41, 5.74) is 1.22. The van der Waals surface area contributed by atoms with Gasteiger partial charge in [0.1, 0.15) is 0 Å². The third-order valence-electron chi connectivity index (χ3n) is 2.11. The van der Waals surface area contributed by atoms with Gasteiger partial charge >= 0.3 is 0 Å². The molecule has 0 radical (unpaired) electrons. The van der Waals surface area contributed by atoms with Crippen LogP contribution in [0.3, 0.4) is 0 Å². The first-order valence-corrected chi connectivity index (χ1v) is 6.12. The number of nitrogens with zero attached hydrogens (tertiary/aromatic N) is 2. The standard InChI is InChI=1S/C11H17N3S/c1-4-6-15-7-5-12-10(2)11-8-13-14(3)9-11/h1,8-10,12H,5-7H2,2-3H3. The van der Waals surface area contributed by atoms with Crippen molar-refractivity contribution in [3.05, 3.63) is 18.0 Å². The Labute approximate surface area is 95.6 Å². The molecular weight excluding hydrogens is 206 g/mol. The fourth-order valence-corrected chi connectivity index (χ4v) is 1.78. The van der Waals surface area contributed by atoms with E-state index < -0.39 is 0 Å². The van der Waals surface area contributed by atoms with Gasteiger partial charge in [0.25, 0.3) is 0 Å². The lowest BCUT2D eigenvalue weighted by Gasteiger charge is -2.10. The first kappa shape index (κ1) is 12.2. The molecule has 0 aliphatic carbocycles. The van der Waals surface area contributed by atoms with Crippen LogP contribution in [0.1, 0.15) is 18.5 Å². The summed E-state index contributed by atoms with van der Waals surface area (Å²) in [4.78, 5) is 0. The van der Waals surface area contributed by atoms with E-state index in [1.807, 2.05) is 24.1 Å². The van der Waals surface area contributed by atoms with Gasteiger partial charge in [-0.1, -0.05) is 5.92 Å². The van der Waals surface area contributed by atoms with Crippen molar-refractivity contribution in [2.45, 2.75) is 13.0 Å². The van der Waals surface area contributed by atoms with Crippen LogP contribution >= 0.6 is 11.8 Å². The molecule has 0 saturated heterocycles. The van der Waals surface area contributed by atoms with Crippen LogP contribution in [0.15, 0.2) is 12.4 Å². The summed E-state index contributed by atoms with van der Waals surface area (Å²) >= 11 is 1.78. The number of rotatable bonds is 6. The van der Waals surface area contributed by atoms with E-state index in [0.717, 1.165) is 18.1 Å². The molecule has 0 aliphatic rings.